The molecule has 0 aliphatic carbocycles. The molecule has 0 aliphatic rings. The second-order valence-electron chi connectivity index (χ2n) is 1.35. The monoisotopic (exact) mass is 130 g/mol. The highest BCUT2D eigenvalue weighted by atomic mass is 32.2. The summed E-state index contributed by atoms with van der Waals surface area (Å²) in [6.45, 7) is 4.00. The molecule has 0 N–H and O–H groups in total. The van der Waals surface area contributed by atoms with Crippen molar-refractivity contribution in [1.82, 2.24) is 0 Å². The number of allylic oxidation sites excluding steroid dienone is 2. The molecule has 8 heavy (non-hydrogen) atoms. The molecule has 1 nitrogen and oxygen atoms in total. The molecule has 0 radical (unpaired) electrons. The van der Waals surface area contributed by atoms with E-state index in [0.29, 0.717) is 0 Å². The maximum absolute atomic E-state index is 9.80. The van der Waals surface area contributed by atoms with Gasteiger partial charge in [0.15, 0.2) is 0 Å². The molecular formula is C6H10OS. The summed E-state index contributed by atoms with van der Waals surface area (Å²) in [5.74, 6) is 1.04. The van der Waals surface area contributed by atoms with Crippen molar-refractivity contribution in [3.8, 4) is 0 Å². The first-order valence-electron chi connectivity index (χ1n) is 2.56. The van der Waals surface area contributed by atoms with Crippen LogP contribution in [-0.2, 0) is 4.79 Å². The molecule has 0 rings (SSSR count). The molecule has 0 unspecified atom stereocenters. The lowest BCUT2D eigenvalue weighted by Crippen LogP contribution is -1.70. The normalized spacial score (nSPS) is 11.5. The zero-order chi connectivity index (χ0) is 6.41. The Morgan fingerprint density at radius 3 is 2.75 bits per heavy atom. The first-order chi connectivity index (χ1) is 3.81. The molecule has 0 aromatic carbocycles. The van der Waals surface area contributed by atoms with Gasteiger partial charge in [-0.2, -0.15) is 0 Å². The zero-order valence-electron chi connectivity index (χ0n) is 5.18. The summed E-state index contributed by atoms with van der Waals surface area (Å²) < 4.78 is 0. The van der Waals surface area contributed by atoms with Crippen LogP contribution in [0, 0.1) is 0 Å². The van der Waals surface area contributed by atoms with Crippen LogP contribution in [0.25, 0.3) is 0 Å². The molecule has 0 bridgehead atoms. The van der Waals surface area contributed by atoms with Gasteiger partial charge in [-0.05, 0) is 23.7 Å². The Hall–Kier alpha value is -0.240. The van der Waals surface area contributed by atoms with Gasteiger partial charge in [-0.15, -0.1) is 11.8 Å². The number of thioether (sulfide) groups is 1. The first-order valence-corrected chi connectivity index (χ1v) is 3.54. The fourth-order valence-electron chi connectivity index (χ4n) is 0.372. The molecule has 0 aromatic heterocycles. The van der Waals surface area contributed by atoms with Gasteiger partial charge in [0.1, 0.15) is 6.29 Å². The lowest BCUT2D eigenvalue weighted by atomic mass is 10.6. The molecule has 0 atom stereocenters. The minimum atomic E-state index is 0.817. The molecule has 0 spiro atoms. The second-order valence-corrected chi connectivity index (χ2v) is 2.86. The molecular weight excluding hydrogens is 120 g/mol. The van der Waals surface area contributed by atoms with Crippen LogP contribution < -0.4 is 0 Å². The predicted octanol–water partition coefficient (Wildman–Crippen LogP) is 1.84. The van der Waals surface area contributed by atoms with E-state index in [1.165, 1.54) is 0 Å². The van der Waals surface area contributed by atoms with Crippen molar-refractivity contribution in [3.63, 3.8) is 0 Å². The molecule has 2 heteroatoms. The van der Waals surface area contributed by atoms with Gasteiger partial charge in [0.25, 0.3) is 0 Å². The Bertz CT molecular complexity index is 96.7. The zero-order valence-corrected chi connectivity index (χ0v) is 5.99. The van der Waals surface area contributed by atoms with E-state index in [4.69, 9.17) is 0 Å². The van der Waals surface area contributed by atoms with Crippen LogP contribution in [0.1, 0.15) is 13.8 Å². The third kappa shape index (κ3) is 3.93. The van der Waals surface area contributed by atoms with Crippen LogP contribution in [0.4, 0.5) is 0 Å². The predicted molar refractivity (Wildman–Crippen MR) is 38.0 cm³/mol. The molecule has 0 aromatic rings. The number of carbonyl (C=O) groups is 1. The van der Waals surface area contributed by atoms with Crippen molar-refractivity contribution >= 4 is 18.0 Å². The average molecular weight is 130 g/mol. The number of carbonyl (C=O) groups excluding carboxylic acids is 1. The van der Waals surface area contributed by atoms with Crippen molar-refractivity contribution in [2.45, 2.75) is 13.8 Å². The lowest BCUT2D eigenvalue weighted by Gasteiger charge is -1.90. The highest BCUT2D eigenvalue weighted by molar-refractivity contribution is 8.03. The summed E-state index contributed by atoms with van der Waals surface area (Å²) >= 11 is 1.69. The number of hydrogen-bond acceptors (Lipinski definition) is 2. The third-order valence-corrected chi connectivity index (χ3v) is 1.55. The number of hydrogen-bond donors (Lipinski definition) is 0. The van der Waals surface area contributed by atoms with Crippen molar-refractivity contribution in [2.75, 3.05) is 5.75 Å². The van der Waals surface area contributed by atoms with Crippen LogP contribution >= 0.6 is 11.8 Å². The van der Waals surface area contributed by atoms with E-state index in [1.807, 2.05) is 6.92 Å². The van der Waals surface area contributed by atoms with Crippen molar-refractivity contribution in [1.29, 1.82) is 0 Å². The SMILES string of the molecule is CCS/C(C)=C\C=O. The highest BCUT2D eigenvalue weighted by Gasteiger charge is 1.82. The van der Waals surface area contributed by atoms with E-state index < -0.39 is 0 Å². The van der Waals surface area contributed by atoms with Gasteiger partial charge in [0.2, 0.25) is 0 Å². The van der Waals surface area contributed by atoms with Crippen LogP contribution in [0.15, 0.2) is 11.0 Å². The van der Waals surface area contributed by atoms with Gasteiger partial charge < -0.3 is 0 Å². The molecule has 0 heterocycles. The summed E-state index contributed by atoms with van der Waals surface area (Å²) in [4.78, 5) is 10.9. The topological polar surface area (TPSA) is 17.1 Å². The summed E-state index contributed by atoms with van der Waals surface area (Å²) in [5, 5.41) is 0. The van der Waals surface area contributed by atoms with Crippen LogP contribution in [0.2, 0.25) is 0 Å². The highest BCUT2D eigenvalue weighted by Crippen LogP contribution is 2.11. The molecule has 0 aliphatic heterocycles. The van der Waals surface area contributed by atoms with Gasteiger partial charge in [-0.25, -0.2) is 0 Å². The summed E-state index contributed by atoms with van der Waals surface area (Å²) in [6.07, 6.45) is 2.40. The van der Waals surface area contributed by atoms with E-state index in [0.717, 1.165) is 16.9 Å². The second kappa shape index (κ2) is 4.91. The van der Waals surface area contributed by atoms with Crippen LogP contribution in [-0.4, -0.2) is 12.0 Å². The fourth-order valence-corrected chi connectivity index (χ4v) is 0.979. The van der Waals surface area contributed by atoms with Crippen LogP contribution in [0.5, 0.6) is 0 Å². The Labute approximate surface area is 54.2 Å². The van der Waals surface area contributed by atoms with E-state index in [1.54, 1.807) is 17.8 Å². The van der Waals surface area contributed by atoms with Gasteiger partial charge in [-0.1, -0.05) is 6.92 Å². The average Bonchev–Trinajstić information content (AvgIpc) is 1.68. The van der Waals surface area contributed by atoms with Gasteiger partial charge in [0.05, 0.1) is 0 Å². The summed E-state index contributed by atoms with van der Waals surface area (Å²) in [5.41, 5.74) is 0. The Balaban J connectivity index is 3.44. The standard InChI is InChI=1S/C6H10OS/c1-3-8-6(2)4-5-7/h4-5H,3H2,1-2H3/b6-4-. The van der Waals surface area contributed by atoms with Gasteiger partial charge in [-0.3, -0.25) is 4.79 Å². The van der Waals surface area contributed by atoms with Crippen LogP contribution in [0.3, 0.4) is 0 Å². The molecule has 46 valence electrons. The minimum Gasteiger partial charge on any atom is -0.299 e. The van der Waals surface area contributed by atoms with E-state index in [9.17, 15) is 4.79 Å². The Morgan fingerprint density at radius 2 is 2.38 bits per heavy atom. The van der Waals surface area contributed by atoms with Gasteiger partial charge >= 0.3 is 0 Å². The maximum Gasteiger partial charge on any atom is 0.143 e. The lowest BCUT2D eigenvalue weighted by molar-refractivity contribution is -0.104. The van der Waals surface area contributed by atoms with Crippen molar-refractivity contribution in [2.24, 2.45) is 0 Å². The smallest absolute Gasteiger partial charge is 0.143 e. The van der Waals surface area contributed by atoms with Gasteiger partial charge in [0, 0.05) is 0 Å². The first kappa shape index (κ1) is 7.76. The quantitative estimate of drug-likeness (QED) is 0.428. The summed E-state index contributed by atoms with van der Waals surface area (Å²) in [6, 6.07) is 0. The van der Waals surface area contributed by atoms with Crippen molar-refractivity contribution in [3.05, 3.63) is 11.0 Å². The Morgan fingerprint density at radius 1 is 1.75 bits per heavy atom. The van der Waals surface area contributed by atoms with E-state index >= 15 is 0 Å². The minimum absolute atomic E-state index is 0.817. The van der Waals surface area contributed by atoms with E-state index in [-0.39, 0.29) is 0 Å². The fraction of sp³-hybridized carbons (Fsp3) is 0.500. The third-order valence-electron chi connectivity index (χ3n) is 0.675. The largest absolute Gasteiger partial charge is 0.299 e. The summed E-state index contributed by atoms with van der Waals surface area (Å²) in [7, 11) is 0. The maximum atomic E-state index is 9.80. The molecule has 0 amide bonds. The number of rotatable bonds is 3. The Kier molecular flexibility index (Phi) is 4.76. The molecule has 0 saturated heterocycles. The van der Waals surface area contributed by atoms with E-state index in [2.05, 4.69) is 6.92 Å². The molecule has 0 saturated carbocycles. The number of aldehydes is 1. The van der Waals surface area contributed by atoms with Crippen molar-refractivity contribution < 1.29 is 4.79 Å². The molecule has 0 fully saturated rings.